The van der Waals surface area contributed by atoms with Crippen LogP contribution in [0.15, 0.2) is 36.4 Å². The van der Waals surface area contributed by atoms with E-state index in [1.807, 2.05) is 6.07 Å². The van der Waals surface area contributed by atoms with Crippen LogP contribution in [-0.4, -0.2) is 11.1 Å². The van der Waals surface area contributed by atoms with E-state index in [0.29, 0.717) is 16.9 Å². The van der Waals surface area contributed by atoms with Gasteiger partial charge in [0.05, 0.1) is 16.1 Å². The predicted octanol–water partition coefficient (Wildman–Crippen LogP) is 3.63. The Morgan fingerprint density at radius 1 is 1.33 bits per heavy atom. The Labute approximate surface area is 125 Å². The van der Waals surface area contributed by atoms with Crippen LogP contribution in [0.1, 0.15) is 21.5 Å². The van der Waals surface area contributed by atoms with E-state index in [1.165, 1.54) is 24.3 Å². The fourth-order valence-corrected chi connectivity index (χ4v) is 1.88. The normalized spacial score (nSPS) is 9.95. The summed E-state index contributed by atoms with van der Waals surface area (Å²) >= 11 is 5.86. The van der Waals surface area contributed by atoms with Gasteiger partial charge in [-0.1, -0.05) is 17.7 Å². The lowest BCUT2D eigenvalue weighted by molar-refractivity contribution is 0.0692. The molecule has 0 bridgehead atoms. The highest BCUT2D eigenvalue weighted by molar-refractivity contribution is 6.31. The Bertz CT molecular complexity index is 740. The molecule has 0 atom stereocenters. The lowest BCUT2D eigenvalue weighted by Gasteiger charge is -2.08. The predicted molar refractivity (Wildman–Crippen MR) is 73.9 cm³/mol. The highest BCUT2D eigenvalue weighted by Crippen LogP contribution is 2.23. The van der Waals surface area contributed by atoms with Crippen molar-refractivity contribution < 1.29 is 19.0 Å². The van der Waals surface area contributed by atoms with Crippen LogP contribution in [0.3, 0.4) is 0 Å². The van der Waals surface area contributed by atoms with E-state index in [4.69, 9.17) is 26.7 Å². The fraction of sp³-hybridized carbons (Fsp3) is 0.0667. The molecule has 106 valence electrons. The number of carbonyl (C=O) groups is 1. The second kappa shape index (κ2) is 6.25. The van der Waals surface area contributed by atoms with Crippen LogP contribution in [0, 0.1) is 17.1 Å². The van der Waals surface area contributed by atoms with Gasteiger partial charge in [-0.25, -0.2) is 9.18 Å². The van der Waals surface area contributed by atoms with E-state index in [0.717, 1.165) is 6.07 Å². The minimum atomic E-state index is -1.32. The Morgan fingerprint density at radius 3 is 2.67 bits per heavy atom. The molecule has 0 saturated heterocycles. The van der Waals surface area contributed by atoms with Crippen LogP contribution in [0.4, 0.5) is 4.39 Å². The van der Waals surface area contributed by atoms with Gasteiger partial charge in [-0.05, 0) is 29.8 Å². The van der Waals surface area contributed by atoms with Gasteiger partial charge in [-0.3, -0.25) is 0 Å². The Morgan fingerprint density at radius 2 is 2.10 bits per heavy atom. The van der Waals surface area contributed by atoms with Crippen molar-refractivity contribution in [3.63, 3.8) is 0 Å². The van der Waals surface area contributed by atoms with Crippen LogP contribution in [-0.2, 0) is 6.61 Å². The first-order valence-electron chi connectivity index (χ1n) is 5.85. The van der Waals surface area contributed by atoms with Crippen LogP contribution in [0.25, 0.3) is 0 Å². The van der Waals surface area contributed by atoms with Crippen LogP contribution >= 0.6 is 11.6 Å². The number of nitrogens with zero attached hydrogens (tertiary/aromatic N) is 1. The fourth-order valence-electron chi connectivity index (χ4n) is 1.66. The molecule has 0 spiro atoms. The third-order valence-electron chi connectivity index (χ3n) is 2.73. The minimum Gasteiger partial charge on any atom is -0.489 e. The highest BCUT2D eigenvalue weighted by Gasteiger charge is 2.10. The van der Waals surface area contributed by atoms with Crippen molar-refractivity contribution in [3.8, 4) is 11.8 Å². The van der Waals surface area contributed by atoms with Gasteiger partial charge in [-0.2, -0.15) is 5.26 Å². The van der Waals surface area contributed by atoms with Crippen molar-refractivity contribution >= 4 is 17.6 Å². The molecule has 0 aliphatic carbocycles. The SMILES string of the molecule is N#Cc1ccc(OCc2ccc(C(=O)O)c(F)c2)cc1Cl. The largest absolute Gasteiger partial charge is 0.489 e. The number of aromatic carboxylic acids is 1. The Balaban J connectivity index is 2.10. The van der Waals surface area contributed by atoms with Crippen LogP contribution in [0.2, 0.25) is 5.02 Å². The lowest BCUT2D eigenvalue weighted by atomic mass is 10.1. The number of carboxylic acid groups (broad SMARTS) is 1. The van der Waals surface area contributed by atoms with Crippen molar-refractivity contribution in [3.05, 3.63) is 63.9 Å². The van der Waals surface area contributed by atoms with Gasteiger partial charge in [0.25, 0.3) is 0 Å². The van der Waals surface area contributed by atoms with Gasteiger partial charge >= 0.3 is 5.97 Å². The zero-order valence-corrected chi connectivity index (χ0v) is 11.4. The minimum absolute atomic E-state index is 0.0546. The molecule has 0 aromatic heterocycles. The first-order valence-corrected chi connectivity index (χ1v) is 6.23. The maximum absolute atomic E-state index is 13.5. The summed E-state index contributed by atoms with van der Waals surface area (Å²) in [7, 11) is 0. The third-order valence-corrected chi connectivity index (χ3v) is 3.04. The highest BCUT2D eigenvalue weighted by atomic mass is 35.5. The molecule has 4 nitrogen and oxygen atoms in total. The molecule has 0 fully saturated rings. The summed E-state index contributed by atoms with van der Waals surface area (Å²) in [5, 5.41) is 17.8. The average molecular weight is 306 g/mol. The summed E-state index contributed by atoms with van der Waals surface area (Å²) in [5.41, 5.74) is 0.430. The van der Waals surface area contributed by atoms with Crippen LogP contribution < -0.4 is 4.74 Å². The number of rotatable bonds is 4. The van der Waals surface area contributed by atoms with Crippen molar-refractivity contribution in [1.82, 2.24) is 0 Å². The molecular weight excluding hydrogens is 297 g/mol. The average Bonchev–Trinajstić information content (AvgIpc) is 2.45. The van der Waals surface area contributed by atoms with E-state index in [1.54, 1.807) is 6.07 Å². The molecule has 0 aliphatic rings. The van der Waals surface area contributed by atoms with Crippen molar-refractivity contribution in [2.75, 3.05) is 0 Å². The first kappa shape index (κ1) is 14.8. The van der Waals surface area contributed by atoms with Gasteiger partial charge in [0.1, 0.15) is 24.2 Å². The number of ether oxygens (including phenoxy) is 1. The number of benzene rings is 2. The van der Waals surface area contributed by atoms with E-state index >= 15 is 0 Å². The molecule has 2 aromatic rings. The van der Waals surface area contributed by atoms with E-state index < -0.39 is 11.8 Å². The zero-order valence-electron chi connectivity index (χ0n) is 10.6. The van der Waals surface area contributed by atoms with Crippen molar-refractivity contribution in [1.29, 1.82) is 5.26 Å². The molecule has 21 heavy (non-hydrogen) atoms. The molecule has 0 unspecified atom stereocenters. The Kier molecular flexibility index (Phi) is 4.41. The van der Waals surface area contributed by atoms with Gasteiger partial charge < -0.3 is 9.84 Å². The summed E-state index contributed by atoms with van der Waals surface area (Å²) in [5.74, 6) is -1.71. The molecule has 0 heterocycles. The molecular formula is C15H9ClFNO3. The standard InChI is InChI=1S/C15H9ClFNO3/c16-13-6-11(3-2-10(13)7-18)21-8-9-1-4-12(15(19)20)14(17)5-9/h1-6H,8H2,(H,19,20). The lowest BCUT2D eigenvalue weighted by Crippen LogP contribution is -2.03. The first-order chi connectivity index (χ1) is 10.0. The number of hydrogen-bond donors (Lipinski definition) is 1. The number of halogens is 2. The van der Waals surface area contributed by atoms with Gasteiger partial charge in [0.15, 0.2) is 0 Å². The quantitative estimate of drug-likeness (QED) is 0.936. The van der Waals surface area contributed by atoms with Gasteiger partial charge in [-0.15, -0.1) is 0 Å². The maximum Gasteiger partial charge on any atom is 0.338 e. The number of hydrogen-bond acceptors (Lipinski definition) is 3. The summed E-state index contributed by atoms with van der Waals surface area (Å²) in [6, 6.07) is 10.3. The summed E-state index contributed by atoms with van der Waals surface area (Å²) < 4.78 is 18.9. The second-order valence-corrected chi connectivity index (χ2v) is 4.57. The molecule has 2 aromatic carbocycles. The van der Waals surface area contributed by atoms with Crippen molar-refractivity contribution in [2.45, 2.75) is 6.61 Å². The molecule has 2 rings (SSSR count). The van der Waals surface area contributed by atoms with E-state index in [2.05, 4.69) is 0 Å². The third kappa shape index (κ3) is 3.50. The van der Waals surface area contributed by atoms with E-state index in [-0.39, 0.29) is 17.2 Å². The topological polar surface area (TPSA) is 70.3 Å². The zero-order chi connectivity index (χ0) is 15.4. The Hall–Kier alpha value is -2.58. The molecule has 0 radical (unpaired) electrons. The van der Waals surface area contributed by atoms with Crippen molar-refractivity contribution in [2.24, 2.45) is 0 Å². The summed E-state index contributed by atoms with van der Waals surface area (Å²) in [6.07, 6.45) is 0. The van der Waals surface area contributed by atoms with E-state index in [9.17, 15) is 9.18 Å². The monoisotopic (exact) mass is 305 g/mol. The molecule has 6 heteroatoms. The number of carboxylic acids is 1. The molecule has 0 aliphatic heterocycles. The van der Waals surface area contributed by atoms with Crippen LogP contribution in [0.5, 0.6) is 5.75 Å². The molecule has 0 amide bonds. The number of nitriles is 1. The van der Waals surface area contributed by atoms with Gasteiger partial charge in [0.2, 0.25) is 0 Å². The molecule has 0 saturated carbocycles. The van der Waals surface area contributed by atoms with Gasteiger partial charge in [0, 0.05) is 6.07 Å². The second-order valence-electron chi connectivity index (χ2n) is 4.16. The summed E-state index contributed by atoms with van der Waals surface area (Å²) in [4.78, 5) is 10.7. The maximum atomic E-state index is 13.5. The smallest absolute Gasteiger partial charge is 0.338 e. The summed E-state index contributed by atoms with van der Waals surface area (Å²) in [6.45, 7) is 0.0546. The molecule has 1 N–H and O–H groups in total.